The molecule has 1 atom stereocenters. The van der Waals surface area contributed by atoms with Crippen molar-refractivity contribution in [3.05, 3.63) is 16.2 Å². The van der Waals surface area contributed by atoms with Gasteiger partial charge in [0.25, 0.3) is 0 Å². The molecule has 1 aromatic rings. The van der Waals surface area contributed by atoms with E-state index in [1.165, 1.54) is 6.92 Å². The molecular weight excluding hydrogens is 231 g/mol. The second kappa shape index (κ2) is 4.37. The number of imidazole rings is 1. The molecule has 2 rings (SSSR count). The third-order valence-corrected chi connectivity index (χ3v) is 2.95. The number of aromatic nitrogens is 2. The highest BCUT2D eigenvalue weighted by Crippen LogP contribution is 2.22. The predicted molar refractivity (Wildman–Crippen MR) is 58.6 cm³/mol. The van der Waals surface area contributed by atoms with Gasteiger partial charge < -0.3 is 14.3 Å². The van der Waals surface area contributed by atoms with Crippen LogP contribution in [0.15, 0.2) is 0 Å². The number of hydrogen-bond acceptors (Lipinski definition) is 3. The van der Waals surface area contributed by atoms with E-state index in [9.17, 15) is 9.18 Å². The lowest BCUT2D eigenvalue weighted by atomic mass is 10.2. The number of ether oxygens (including phenoxy) is 1. The predicted octanol–water partition coefficient (Wildman–Crippen LogP) is 1.55. The summed E-state index contributed by atoms with van der Waals surface area (Å²) in [6.07, 6.45) is 0.0969. The first-order chi connectivity index (χ1) is 7.58. The number of halogens is 1. The molecule has 0 radical (unpaired) electrons. The van der Waals surface area contributed by atoms with Crippen LogP contribution >= 0.6 is 12.2 Å². The molecule has 0 saturated carbocycles. The summed E-state index contributed by atoms with van der Waals surface area (Å²) in [5.41, 5.74) is 1.79. The molecule has 0 bridgehead atoms. The Kier molecular flexibility index (Phi) is 3.09. The van der Waals surface area contributed by atoms with Crippen molar-refractivity contribution in [2.24, 2.45) is 0 Å². The third kappa shape index (κ3) is 2.16. The van der Waals surface area contributed by atoms with E-state index < -0.39 is 6.17 Å². The molecule has 0 saturated heterocycles. The number of aromatic amines is 1. The van der Waals surface area contributed by atoms with E-state index in [0.717, 1.165) is 11.4 Å². The lowest BCUT2D eigenvalue weighted by Crippen LogP contribution is -2.05. The first-order valence-electron chi connectivity index (χ1n) is 5.16. The fraction of sp³-hybridized carbons (Fsp3) is 0.600. The Morgan fingerprint density at radius 3 is 3.19 bits per heavy atom. The molecule has 0 fully saturated rings. The topological polar surface area (TPSA) is 47.0 Å². The number of carbonyl (C=O) groups is 1. The maximum atomic E-state index is 13.2. The second-order valence-corrected chi connectivity index (χ2v) is 4.24. The van der Waals surface area contributed by atoms with Crippen LogP contribution in [-0.2, 0) is 28.9 Å². The zero-order valence-corrected chi connectivity index (χ0v) is 9.77. The molecule has 1 aliphatic heterocycles. The minimum absolute atomic E-state index is 0.300. The van der Waals surface area contributed by atoms with Crippen molar-refractivity contribution in [3.8, 4) is 0 Å². The summed E-state index contributed by atoms with van der Waals surface area (Å²) in [5, 5.41) is 0. The average molecular weight is 244 g/mol. The smallest absolute Gasteiger partial charge is 0.302 e. The molecule has 0 unspecified atom stereocenters. The summed E-state index contributed by atoms with van der Waals surface area (Å²) >= 11 is 5.09. The number of rotatable bonds is 3. The van der Waals surface area contributed by atoms with E-state index in [1.807, 2.05) is 0 Å². The molecular formula is C10H13FN2O2S. The van der Waals surface area contributed by atoms with Gasteiger partial charge in [-0.2, -0.15) is 0 Å². The number of carbonyl (C=O) groups excluding carboxylic acids is 1. The Hall–Kier alpha value is -1.17. The van der Waals surface area contributed by atoms with Gasteiger partial charge in [0.05, 0.1) is 13.2 Å². The molecule has 88 valence electrons. The maximum absolute atomic E-state index is 13.2. The van der Waals surface area contributed by atoms with Crippen LogP contribution in [0.2, 0.25) is 0 Å². The largest absolute Gasteiger partial charge is 0.465 e. The number of nitrogens with one attached hydrogen (secondary N) is 1. The highest BCUT2D eigenvalue weighted by atomic mass is 32.1. The first-order valence-corrected chi connectivity index (χ1v) is 5.56. The molecule has 6 heteroatoms. The summed E-state index contributed by atoms with van der Waals surface area (Å²) < 4.78 is 20.4. The fourth-order valence-corrected chi connectivity index (χ4v) is 2.26. The van der Waals surface area contributed by atoms with Crippen molar-refractivity contribution in [2.45, 2.75) is 32.5 Å². The van der Waals surface area contributed by atoms with Gasteiger partial charge in [-0.25, -0.2) is 4.39 Å². The number of nitrogens with zero attached hydrogens (tertiary/aromatic N) is 1. The highest BCUT2D eigenvalue weighted by molar-refractivity contribution is 7.71. The van der Waals surface area contributed by atoms with Crippen LogP contribution in [0.5, 0.6) is 0 Å². The Morgan fingerprint density at radius 1 is 1.75 bits per heavy atom. The van der Waals surface area contributed by atoms with Crippen LogP contribution < -0.4 is 0 Å². The number of hydrogen-bond donors (Lipinski definition) is 1. The summed E-state index contributed by atoms with van der Waals surface area (Å²) in [6, 6.07) is 0. The van der Waals surface area contributed by atoms with Gasteiger partial charge in [-0.3, -0.25) is 4.79 Å². The summed E-state index contributed by atoms with van der Waals surface area (Å²) in [7, 11) is 0. The lowest BCUT2D eigenvalue weighted by molar-refractivity contribution is -0.140. The second-order valence-electron chi connectivity index (χ2n) is 3.86. The monoisotopic (exact) mass is 244 g/mol. The first kappa shape index (κ1) is 11.3. The SMILES string of the molecule is CC(=O)OCCc1[nH]c(=S)n2c1C[C@@H](F)C2. The molecule has 2 heterocycles. The van der Waals surface area contributed by atoms with Crippen LogP contribution in [0.25, 0.3) is 0 Å². The molecule has 0 aliphatic carbocycles. The fourth-order valence-electron chi connectivity index (χ4n) is 1.96. The highest BCUT2D eigenvalue weighted by Gasteiger charge is 2.25. The molecule has 0 spiro atoms. The van der Waals surface area contributed by atoms with Crippen LogP contribution in [-0.4, -0.2) is 28.3 Å². The van der Waals surface area contributed by atoms with Gasteiger partial charge in [0, 0.05) is 31.2 Å². The van der Waals surface area contributed by atoms with Crippen molar-refractivity contribution in [1.29, 1.82) is 0 Å². The van der Waals surface area contributed by atoms with Gasteiger partial charge in [0.2, 0.25) is 0 Å². The van der Waals surface area contributed by atoms with Crippen molar-refractivity contribution >= 4 is 18.2 Å². The van der Waals surface area contributed by atoms with Gasteiger partial charge >= 0.3 is 5.97 Å². The lowest BCUT2D eigenvalue weighted by Gasteiger charge is -2.01. The van der Waals surface area contributed by atoms with Crippen molar-refractivity contribution in [3.63, 3.8) is 0 Å². The number of esters is 1. The Morgan fingerprint density at radius 2 is 2.50 bits per heavy atom. The van der Waals surface area contributed by atoms with Gasteiger partial charge in [-0.1, -0.05) is 0 Å². The van der Waals surface area contributed by atoms with Crippen LogP contribution in [0, 0.1) is 4.77 Å². The molecule has 1 aliphatic rings. The van der Waals surface area contributed by atoms with Gasteiger partial charge in [0.1, 0.15) is 6.17 Å². The summed E-state index contributed by atoms with van der Waals surface area (Å²) in [5.74, 6) is -0.308. The van der Waals surface area contributed by atoms with Gasteiger partial charge in [0.15, 0.2) is 4.77 Å². The van der Waals surface area contributed by atoms with Gasteiger partial charge in [-0.05, 0) is 12.2 Å². The summed E-state index contributed by atoms with van der Waals surface area (Å²) in [6.45, 7) is 2.00. The van der Waals surface area contributed by atoms with Crippen molar-refractivity contribution < 1.29 is 13.9 Å². The molecule has 16 heavy (non-hydrogen) atoms. The van der Waals surface area contributed by atoms with E-state index in [4.69, 9.17) is 17.0 Å². The van der Waals surface area contributed by atoms with E-state index >= 15 is 0 Å². The molecule has 0 amide bonds. The number of fused-ring (bicyclic) bond motifs is 1. The van der Waals surface area contributed by atoms with E-state index in [2.05, 4.69) is 4.98 Å². The zero-order chi connectivity index (χ0) is 11.7. The van der Waals surface area contributed by atoms with Gasteiger partial charge in [-0.15, -0.1) is 0 Å². The van der Waals surface area contributed by atoms with E-state index in [0.29, 0.717) is 30.8 Å². The van der Waals surface area contributed by atoms with Crippen molar-refractivity contribution in [1.82, 2.24) is 9.55 Å². The van der Waals surface area contributed by atoms with Crippen LogP contribution in [0.4, 0.5) is 4.39 Å². The minimum Gasteiger partial charge on any atom is -0.465 e. The molecule has 0 aromatic carbocycles. The van der Waals surface area contributed by atoms with E-state index in [1.54, 1.807) is 4.57 Å². The van der Waals surface area contributed by atoms with E-state index in [-0.39, 0.29) is 5.97 Å². The number of alkyl halides is 1. The molecule has 1 N–H and O–H groups in total. The third-order valence-electron chi connectivity index (χ3n) is 2.63. The van der Waals surface area contributed by atoms with Crippen LogP contribution in [0.1, 0.15) is 18.3 Å². The standard InChI is InChI=1S/C10H13FN2O2S/c1-6(14)15-3-2-8-9-4-7(11)5-13(9)10(16)12-8/h7H,2-5H2,1H3,(H,12,16)/t7-/m1/s1. The normalized spacial score (nSPS) is 18.5. The maximum Gasteiger partial charge on any atom is 0.302 e. The quantitative estimate of drug-likeness (QED) is 0.648. The summed E-state index contributed by atoms with van der Waals surface area (Å²) in [4.78, 5) is 13.6. The molecule has 1 aromatic heterocycles. The van der Waals surface area contributed by atoms with Crippen molar-refractivity contribution in [2.75, 3.05) is 6.61 Å². The number of H-pyrrole nitrogens is 1. The minimum atomic E-state index is -0.848. The average Bonchev–Trinajstić information content (AvgIpc) is 2.68. The Labute approximate surface area is 97.4 Å². The van der Waals surface area contributed by atoms with Crippen LogP contribution in [0.3, 0.4) is 0 Å². The Bertz CT molecular complexity index is 466. The zero-order valence-electron chi connectivity index (χ0n) is 8.96. The Balaban J connectivity index is 2.09. The molecule has 4 nitrogen and oxygen atoms in total.